The number of rotatable bonds is 5. The van der Waals surface area contributed by atoms with Crippen molar-refractivity contribution in [1.29, 1.82) is 0 Å². The van der Waals surface area contributed by atoms with Gasteiger partial charge < -0.3 is 5.73 Å². The van der Waals surface area contributed by atoms with E-state index in [-0.39, 0.29) is 6.04 Å². The van der Waals surface area contributed by atoms with Gasteiger partial charge in [0.1, 0.15) is 0 Å². The summed E-state index contributed by atoms with van der Waals surface area (Å²) >= 11 is 0. The van der Waals surface area contributed by atoms with Gasteiger partial charge in [-0.2, -0.15) is 13.1 Å². The molecule has 17 heavy (non-hydrogen) atoms. The summed E-state index contributed by atoms with van der Waals surface area (Å²) in [5, 5.41) is 0. The number of hydrogen-bond donors (Lipinski definition) is 2. The number of para-hydroxylation sites is 1. The molecule has 6 heteroatoms. The van der Waals surface area contributed by atoms with Crippen LogP contribution in [0.4, 0.5) is 5.69 Å². The molecule has 0 radical (unpaired) electrons. The summed E-state index contributed by atoms with van der Waals surface area (Å²) in [4.78, 5) is 0. The molecule has 96 valence electrons. The molecular formula is C11H19N3O2S. The zero-order valence-corrected chi connectivity index (χ0v) is 11.2. The number of nitrogens with two attached hydrogens (primary N) is 1. The third-order valence-electron chi connectivity index (χ3n) is 2.30. The average Bonchev–Trinajstić information content (AvgIpc) is 2.26. The first-order valence-corrected chi connectivity index (χ1v) is 6.86. The Kier molecular flexibility index (Phi) is 4.50. The summed E-state index contributed by atoms with van der Waals surface area (Å²) in [5.41, 5.74) is 6.99. The van der Waals surface area contributed by atoms with Gasteiger partial charge in [-0.1, -0.05) is 18.2 Å². The predicted octanol–water partition coefficient (Wildman–Crippen LogP) is 0.824. The molecule has 0 amide bonds. The first-order valence-electron chi connectivity index (χ1n) is 5.42. The van der Waals surface area contributed by atoms with Gasteiger partial charge in [0.2, 0.25) is 0 Å². The fraction of sp³-hybridized carbons (Fsp3) is 0.455. The van der Waals surface area contributed by atoms with Crippen molar-refractivity contribution in [3.8, 4) is 0 Å². The highest BCUT2D eigenvalue weighted by Gasteiger charge is 2.20. The summed E-state index contributed by atoms with van der Waals surface area (Å²) < 4.78 is 27.7. The van der Waals surface area contributed by atoms with Crippen LogP contribution < -0.4 is 14.8 Å². The lowest BCUT2D eigenvalue weighted by molar-refractivity contribution is 0.568. The molecule has 0 aliphatic carbocycles. The zero-order chi connectivity index (χ0) is 13.1. The van der Waals surface area contributed by atoms with Gasteiger partial charge in [-0.3, -0.25) is 4.31 Å². The molecule has 5 nitrogen and oxygen atoms in total. The van der Waals surface area contributed by atoms with Crippen LogP contribution in [0.25, 0.3) is 0 Å². The molecule has 0 saturated heterocycles. The van der Waals surface area contributed by atoms with E-state index in [0.717, 1.165) is 5.56 Å². The molecular weight excluding hydrogens is 238 g/mol. The van der Waals surface area contributed by atoms with Crippen molar-refractivity contribution in [3.05, 3.63) is 29.8 Å². The smallest absolute Gasteiger partial charge is 0.301 e. The van der Waals surface area contributed by atoms with Crippen molar-refractivity contribution in [1.82, 2.24) is 4.72 Å². The molecule has 0 aliphatic rings. The Balaban J connectivity index is 3.08. The second kappa shape index (κ2) is 5.48. The maximum absolute atomic E-state index is 12.0. The normalized spacial score (nSPS) is 11.8. The third kappa shape index (κ3) is 3.42. The first kappa shape index (κ1) is 14.0. The van der Waals surface area contributed by atoms with Gasteiger partial charge in [-0.25, -0.2) is 0 Å². The van der Waals surface area contributed by atoms with E-state index in [4.69, 9.17) is 5.73 Å². The second-order valence-electron chi connectivity index (χ2n) is 4.08. The fourth-order valence-corrected chi connectivity index (χ4v) is 2.69. The van der Waals surface area contributed by atoms with Crippen LogP contribution in [0.1, 0.15) is 19.4 Å². The highest BCUT2D eigenvalue weighted by molar-refractivity contribution is 7.90. The van der Waals surface area contributed by atoms with Gasteiger partial charge in [-0.05, 0) is 25.5 Å². The quantitative estimate of drug-likeness (QED) is 0.820. The SMILES string of the molecule is CC(C)NS(=O)(=O)N(C)c1ccccc1CN. The van der Waals surface area contributed by atoms with Crippen LogP contribution in [0.5, 0.6) is 0 Å². The Labute approximate surface area is 103 Å². The lowest BCUT2D eigenvalue weighted by Crippen LogP contribution is -2.42. The van der Waals surface area contributed by atoms with Crippen LogP contribution in [-0.2, 0) is 16.8 Å². The van der Waals surface area contributed by atoms with Crippen molar-refractivity contribution in [2.24, 2.45) is 5.73 Å². The van der Waals surface area contributed by atoms with Gasteiger partial charge in [0.15, 0.2) is 0 Å². The summed E-state index contributed by atoms with van der Waals surface area (Å²) in [6.45, 7) is 3.86. The van der Waals surface area contributed by atoms with Crippen molar-refractivity contribution in [2.45, 2.75) is 26.4 Å². The Bertz CT molecular complexity index is 471. The minimum Gasteiger partial charge on any atom is -0.326 e. The van der Waals surface area contributed by atoms with E-state index in [9.17, 15) is 8.42 Å². The zero-order valence-electron chi connectivity index (χ0n) is 10.3. The van der Waals surface area contributed by atoms with E-state index in [1.54, 1.807) is 26.0 Å². The first-order chi connectivity index (χ1) is 7.88. The van der Waals surface area contributed by atoms with Gasteiger partial charge in [-0.15, -0.1) is 0 Å². The van der Waals surface area contributed by atoms with Gasteiger partial charge in [0, 0.05) is 19.6 Å². The maximum atomic E-state index is 12.0. The van der Waals surface area contributed by atoms with E-state index in [2.05, 4.69) is 4.72 Å². The van der Waals surface area contributed by atoms with E-state index < -0.39 is 10.2 Å². The average molecular weight is 257 g/mol. The Morgan fingerprint density at radius 1 is 1.35 bits per heavy atom. The standard InChI is InChI=1S/C11H19N3O2S/c1-9(2)13-17(15,16)14(3)11-7-5-4-6-10(11)8-12/h4-7,9,13H,8,12H2,1-3H3. The van der Waals surface area contributed by atoms with E-state index in [1.165, 1.54) is 11.4 Å². The largest absolute Gasteiger partial charge is 0.326 e. The molecule has 3 N–H and O–H groups in total. The molecule has 0 atom stereocenters. The molecule has 0 saturated carbocycles. The van der Waals surface area contributed by atoms with Crippen LogP contribution in [0.3, 0.4) is 0 Å². The van der Waals surface area contributed by atoms with Crippen molar-refractivity contribution < 1.29 is 8.42 Å². The second-order valence-corrected chi connectivity index (χ2v) is 5.81. The van der Waals surface area contributed by atoms with Crippen LogP contribution >= 0.6 is 0 Å². The maximum Gasteiger partial charge on any atom is 0.301 e. The summed E-state index contributed by atoms with van der Waals surface area (Å²) in [5.74, 6) is 0. The van der Waals surface area contributed by atoms with E-state index in [1.807, 2.05) is 12.1 Å². The molecule has 0 fully saturated rings. The number of nitrogens with one attached hydrogen (secondary N) is 1. The molecule has 1 rings (SSSR count). The Morgan fingerprint density at radius 2 is 1.94 bits per heavy atom. The van der Waals surface area contributed by atoms with Gasteiger partial charge >= 0.3 is 10.2 Å². The van der Waals surface area contributed by atoms with Gasteiger partial charge in [0.25, 0.3) is 0 Å². The highest BCUT2D eigenvalue weighted by Crippen LogP contribution is 2.20. The fourth-order valence-electron chi connectivity index (χ4n) is 1.50. The van der Waals surface area contributed by atoms with Gasteiger partial charge in [0.05, 0.1) is 5.69 Å². The minimum atomic E-state index is -3.52. The van der Waals surface area contributed by atoms with Crippen LogP contribution in [0.2, 0.25) is 0 Å². The monoisotopic (exact) mass is 257 g/mol. The molecule has 0 heterocycles. The van der Waals surface area contributed by atoms with Crippen molar-refractivity contribution in [2.75, 3.05) is 11.4 Å². The Morgan fingerprint density at radius 3 is 2.47 bits per heavy atom. The molecule has 1 aromatic rings. The highest BCUT2D eigenvalue weighted by atomic mass is 32.2. The lowest BCUT2D eigenvalue weighted by atomic mass is 10.2. The number of anilines is 1. The lowest BCUT2D eigenvalue weighted by Gasteiger charge is -2.23. The number of nitrogens with zero attached hydrogens (tertiary/aromatic N) is 1. The summed E-state index contributed by atoms with van der Waals surface area (Å²) in [6.07, 6.45) is 0. The Hall–Kier alpha value is -1.11. The van der Waals surface area contributed by atoms with Crippen LogP contribution in [0.15, 0.2) is 24.3 Å². The third-order valence-corrected chi connectivity index (χ3v) is 3.98. The number of hydrogen-bond acceptors (Lipinski definition) is 3. The topological polar surface area (TPSA) is 75.4 Å². The summed E-state index contributed by atoms with van der Waals surface area (Å²) in [7, 11) is -2.00. The molecule has 0 aromatic heterocycles. The molecule has 0 unspecified atom stereocenters. The molecule has 1 aromatic carbocycles. The van der Waals surface area contributed by atoms with Crippen LogP contribution in [0, 0.1) is 0 Å². The minimum absolute atomic E-state index is 0.146. The molecule has 0 bridgehead atoms. The van der Waals surface area contributed by atoms with Crippen molar-refractivity contribution >= 4 is 15.9 Å². The van der Waals surface area contributed by atoms with Crippen molar-refractivity contribution in [3.63, 3.8) is 0 Å². The predicted molar refractivity (Wildman–Crippen MR) is 69.9 cm³/mol. The van der Waals surface area contributed by atoms with E-state index >= 15 is 0 Å². The van der Waals surface area contributed by atoms with E-state index in [0.29, 0.717) is 12.2 Å². The number of benzene rings is 1. The molecule has 0 aliphatic heterocycles. The summed E-state index contributed by atoms with van der Waals surface area (Å²) in [6, 6.07) is 7.03. The molecule has 0 spiro atoms. The van der Waals surface area contributed by atoms with Crippen LogP contribution in [-0.4, -0.2) is 21.5 Å².